The lowest BCUT2D eigenvalue weighted by Gasteiger charge is -2.36. The minimum Gasteiger partial charge on any atom is -0.394 e. The molecule has 0 heterocycles. The van der Waals surface area contributed by atoms with Gasteiger partial charge in [0.2, 0.25) is 0 Å². The van der Waals surface area contributed by atoms with Crippen LogP contribution in [0, 0.1) is 0 Å². The lowest BCUT2D eigenvalue weighted by atomic mass is 10.0. The van der Waals surface area contributed by atoms with E-state index in [1.165, 1.54) is 21.0 Å². The van der Waals surface area contributed by atoms with Crippen molar-refractivity contribution >= 4 is 0 Å². The van der Waals surface area contributed by atoms with Gasteiger partial charge in [-0.3, -0.25) is 0 Å². The van der Waals surface area contributed by atoms with E-state index in [1.807, 2.05) is 0 Å². The molecular formula is C14H30O10. The van der Waals surface area contributed by atoms with Gasteiger partial charge in [0, 0.05) is 7.11 Å². The van der Waals surface area contributed by atoms with Gasteiger partial charge in [-0.15, -0.1) is 0 Å². The van der Waals surface area contributed by atoms with Crippen LogP contribution in [0.3, 0.4) is 0 Å². The molecule has 0 aromatic carbocycles. The van der Waals surface area contributed by atoms with Crippen molar-refractivity contribution < 1.29 is 50.0 Å². The van der Waals surface area contributed by atoms with E-state index in [0.717, 1.165) is 0 Å². The van der Waals surface area contributed by atoms with Crippen LogP contribution >= 0.6 is 0 Å². The SMILES string of the molecule is COC(CO)C(OC(OC(CO)[C@@H](C)O)[C@@H](O)CO)C(O)[C@@H](C)O. The molecule has 0 amide bonds. The summed E-state index contributed by atoms with van der Waals surface area (Å²) in [6, 6.07) is 0. The highest BCUT2D eigenvalue weighted by molar-refractivity contribution is 4.83. The summed E-state index contributed by atoms with van der Waals surface area (Å²) in [5.41, 5.74) is 0. The maximum absolute atomic E-state index is 10.1. The first kappa shape index (κ1) is 23.6. The summed E-state index contributed by atoms with van der Waals surface area (Å²) < 4.78 is 15.6. The average Bonchev–Trinajstić information content (AvgIpc) is 2.55. The molecule has 5 unspecified atom stereocenters. The molecule has 10 heteroatoms. The lowest BCUT2D eigenvalue weighted by Crippen LogP contribution is -2.52. The Balaban J connectivity index is 5.34. The van der Waals surface area contributed by atoms with Gasteiger partial charge in [0.1, 0.15) is 30.5 Å². The maximum atomic E-state index is 10.1. The molecule has 0 fully saturated rings. The number of aliphatic hydroxyl groups is 7. The Kier molecular flexibility index (Phi) is 11.8. The van der Waals surface area contributed by atoms with Crippen molar-refractivity contribution in [2.45, 2.75) is 62.9 Å². The molecule has 0 radical (unpaired) electrons. The first-order chi connectivity index (χ1) is 11.2. The molecule has 0 rings (SSSR count). The fourth-order valence-corrected chi connectivity index (χ4v) is 1.91. The van der Waals surface area contributed by atoms with E-state index in [0.29, 0.717) is 0 Å². The van der Waals surface area contributed by atoms with Crippen molar-refractivity contribution in [3.8, 4) is 0 Å². The summed E-state index contributed by atoms with van der Waals surface area (Å²) in [7, 11) is 1.25. The van der Waals surface area contributed by atoms with Crippen molar-refractivity contribution in [1.82, 2.24) is 0 Å². The van der Waals surface area contributed by atoms with Gasteiger partial charge in [0.15, 0.2) is 6.29 Å². The molecule has 0 saturated carbocycles. The standard InChI is InChI=1S/C14H30O10/c1-7(18)10(5-16)23-14(9(20)4-15)24-13(11(6-17)22-3)12(21)8(2)19/h7-21H,4-6H2,1-3H3/t7-,8-,9+,10?,11?,12?,13?,14?/m1/s1. The molecule has 0 aliphatic heterocycles. The van der Waals surface area contributed by atoms with Gasteiger partial charge < -0.3 is 50.0 Å². The number of hydrogen-bond acceptors (Lipinski definition) is 10. The molecular weight excluding hydrogens is 328 g/mol. The van der Waals surface area contributed by atoms with E-state index in [4.69, 9.17) is 19.3 Å². The summed E-state index contributed by atoms with van der Waals surface area (Å²) in [6.07, 6.45) is -10.5. The van der Waals surface area contributed by atoms with Gasteiger partial charge in [-0.05, 0) is 13.8 Å². The average molecular weight is 358 g/mol. The minimum absolute atomic E-state index is 0.563. The van der Waals surface area contributed by atoms with E-state index in [2.05, 4.69) is 0 Å². The predicted molar refractivity (Wildman–Crippen MR) is 81.0 cm³/mol. The molecule has 8 atom stereocenters. The number of aliphatic hydroxyl groups excluding tert-OH is 7. The second kappa shape index (κ2) is 12.0. The van der Waals surface area contributed by atoms with E-state index < -0.39 is 68.8 Å². The Labute approximate surface area is 140 Å². The van der Waals surface area contributed by atoms with Gasteiger partial charge >= 0.3 is 0 Å². The van der Waals surface area contributed by atoms with E-state index in [9.17, 15) is 30.6 Å². The van der Waals surface area contributed by atoms with Crippen molar-refractivity contribution in [2.75, 3.05) is 26.9 Å². The summed E-state index contributed by atoms with van der Waals surface area (Å²) in [6.45, 7) is 0.712. The van der Waals surface area contributed by atoms with E-state index in [-0.39, 0.29) is 0 Å². The molecule has 24 heavy (non-hydrogen) atoms. The molecule has 0 bridgehead atoms. The predicted octanol–water partition coefficient (Wildman–Crippen LogP) is -3.44. The highest BCUT2D eigenvalue weighted by Crippen LogP contribution is 2.18. The summed E-state index contributed by atoms with van der Waals surface area (Å²) in [5, 5.41) is 66.6. The molecule has 0 aromatic heterocycles. The first-order valence-corrected chi connectivity index (χ1v) is 7.61. The zero-order valence-electron chi connectivity index (χ0n) is 14.1. The second-order valence-electron chi connectivity index (χ2n) is 5.50. The van der Waals surface area contributed by atoms with Crippen LogP contribution in [0.25, 0.3) is 0 Å². The Morgan fingerprint density at radius 1 is 0.750 bits per heavy atom. The normalized spacial score (nSPS) is 22.2. The molecule has 7 N–H and O–H groups in total. The summed E-state index contributed by atoms with van der Waals surface area (Å²) in [4.78, 5) is 0. The minimum atomic E-state index is -1.57. The van der Waals surface area contributed by atoms with Crippen LogP contribution in [0.5, 0.6) is 0 Å². The summed E-state index contributed by atoms with van der Waals surface area (Å²) in [5.74, 6) is 0. The monoisotopic (exact) mass is 358 g/mol. The molecule has 146 valence electrons. The maximum Gasteiger partial charge on any atom is 0.186 e. The fourth-order valence-electron chi connectivity index (χ4n) is 1.91. The number of ether oxygens (including phenoxy) is 3. The van der Waals surface area contributed by atoms with Crippen molar-refractivity contribution in [1.29, 1.82) is 0 Å². The Morgan fingerprint density at radius 3 is 1.62 bits per heavy atom. The Bertz CT molecular complexity index is 308. The third kappa shape index (κ3) is 7.23. The highest BCUT2D eigenvalue weighted by atomic mass is 16.7. The van der Waals surface area contributed by atoms with Crippen LogP contribution in [0.4, 0.5) is 0 Å². The van der Waals surface area contributed by atoms with Crippen LogP contribution in [0.15, 0.2) is 0 Å². The largest absolute Gasteiger partial charge is 0.394 e. The lowest BCUT2D eigenvalue weighted by molar-refractivity contribution is -0.285. The second-order valence-corrected chi connectivity index (χ2v) is 5.50. The van der Waals surface area contributed by atoms with Crippen LogP contribution in [0.2, 0.25) is 0 Å². The third-order valence-electron chi connectivity index (χ3n) is 3.50. The molecule has 10 nitrogen and oxygen atoms in total. The summed E-state index contributed by atoms with van der Waals surface area (Å²) >= 11 is 0. The quantitative estimate of drug-likeness (QED) is 0.164. The molecule has 0 saturated heterocycles. The highest BCUT2D eigenvalue weighted by Gasteiger charge is 2.37. The van der Waals surface area contributed by atoms with Gasteiger partial charge in [0.25, 0.3) is 0 Å². The van der Waals surface area contributed by atoms with E-state index in [1.54, 1.807) is 0 Å². The van der Waals surface area contributed by atoms with Crippen LogP contribution in [-0.4, -0.2) is 112 Å². The Hall–Kier alpha value is -0.400. The number of methoxy groups -OCH3 is 1. The van der Waals surface area contributed by atoms with Gasteiger partial charge in [0.05, 0.1) is 32.0 Å². The van der Waals surface area contributed by atoms with Gasteiger partial charge in [-0.1, -0.05) is 0 Å². The Morgan fingerprint density at radius 2 is 1.29 bits per heavy atom. The van der Waals surface area contributed by atoms with Crippen molar-refractivity contribution in [3.05, 3.63) is 0 Å². The van der Waals surface area contributed by atoms with Crippen LogP contribution in [0.1, 0.15) is 13.8 Å². The molecule has 0 aliphatic rings. The van der Waals surface area contributed by atoms with Crippen LogP contribution in [-0.2, 0) is 14.2 Å². The molecule has 0 aliphatic carbocycles. The van der Waals surface area contributed by atoms with Crippen LogP contribution < -0.4 is 0 Å². The smallest absolute Gasteiger partial charge is 0.186 e. The van der Waals surface area contributed by atoms with Crippen molar-refractivity contribution in [2.24, 2.45) is 0 Å². The topological polar surface area (TPSA) is 169 Å². The third-order valence-corrected chi connectivity index (χ3v) is 3.50. The van der Waals surface area contributed by atoms with Gasteiger partial charge in [-0.25, -0.2) is 0 Å². The number of rotatable bonds is 13. The van der Waals surface area contributed by atoms with Crippen molar-refractivity contribution in [3.63, 3.8) is 0 Å². The van der Waals surface area contributed by atoms with Gasteiger partial charge in [-0.2, -0.15) is 0 Å². The zero-order valence-corrected chi connectivity index (χ0v) is 14.1. The number of hydrogen-bond donors (Lipinski definition) is 7. The zero-order chi connectivity index (χ0) is 18.9. The fraction of sp³-hybridized carbons (Fsp3) is 1.00. The molecule has 0 aromatic rings. The molecule has 0 spiro atoms. The van der Waals surface area contributed by atoms with E-state index >= 15 is 0 Å². The first-order valence-electron chi connectivity index (χ1n) is 7.61.